The molecule has 0 saturated carbocycles. The Bertz CT molecular complexity index is 80.5. The largest absolute Gasteiger partial charge is 0.393 e. The van der Waals surface area contributed by atoms with Gasteiger partial charge < -0.3 is 10.8 Å². The number of hydrogen-bond donors (Lipinski definition) is 3. The summed E-state index contributed by atoms with van der Waals surface area (Å²) in [4.78, 5) is 0. The fraction of sp³-hybridized carbons (Fsp3) is 0.800. The van der Waals surface area contributed by atoms with E-state index in [0.717, 1.165) is 0 Å². The number of rotatable bonds is 3. The summed E-state index contributed by atoms with van der Waals surface area (Å²) in [7, 11) is 0. The van der Waals surface area contributed by atoms with Crippen molar-refractivity contribution in [1.29, 1.82) is 5.41 Å². The minimum atomic E-state index is -0.334. The van der Waals surface area contributed by atoms with E-state index in [-0.39, 0.29) is 11.9 Å². The van der Waals surface area contributed by atoms with Crippen molar-refractivity contribution >= 4 is 5.84 Å². The lowest BCUT2D eigenvalue weighted by Gasteiger charge is -1.99. The van der Waals surface area contributed by atoms with Crippen LogP contribution in [0.4, 0.5) is 0 Å². The summed E-state index contributed by atoms with van der Waals surface area (Å²) in [5.74, 6) is 0.144. The van der Waals surface area contributed by atoms with Gasteiger partial charge in [-0.25, -0.2) is 0 Å². The molecule has 0 aliphatic rings. The molecule has 0 aromatic heterocycles. The van der Waals surface area contributed by atoms with Crippen molar-refractivity contribution in [3.63, 3.8) is 0 Å². The Balaban J connectivity index is 3.05. The van der Waals surface area contributed by atoms with E-state index in [4.69, 9.17) is 16.2 Å². The summed E-state index contributed by atoms with van der Waals surface area (Å²) in [6.07, 6.45) is 0.756. The fourth-order valence-electron chi connectivity index (χ4n) is 0.364. The van der Waals surface area contributed by atoms with Gasteiger partial charge in [-0.05, 0) is 13.3 Å². The summed E-state index contributed by atoms with van der Waals surface area (Å²) in [6, 6.07) is 0. The van der Waals surface area contributed by atoms with Crippen molar-refractivity contribution < 1.29 is 5.11 Å². The topological polar surface area (TPSA) is 70.1 Å². The van der Waals surface area contributed by atoms with Crippen LogP contribution in [0.5, 0.6) is 0 Å². The van der Waals surface area contributed by atoms with Crippen LogP contribution in [0.15, 0.2) is 0 Å². The molecule has 0 bridgehead atoms. The molecule has 0 saturated heterocycles. The number of aliphatic hydroxyl groups is 1. The van der Waals surface area contributed by atoms with E-state index in [2.05, 4.69) is 0 Å². The Morgan fingerprint density at radius 3 is 2.50 bits per heavy atom. The maximum absolute atomic E-state index is 8.65. The van der Waals surface area contributed by atoms with Crippen LogP contribution in [0.25, 0.3) is 0 Å². The summed E-state index contributed by atoms with van der Waals surface area (Å²) < 4.78 is 0. The van der Waals surface area contributed by atoms with E-state index in [9.17, 15) is 0 Å². The smallest absolute Gasteiger partial charge is 0.0906 e. The van der Waals surface area contributed by atoms with Crippen LogP contribution in [0, 0.1) is 5.41 Å². The van der Waals surface area contributed by atoms with E-state index in [1.54, 1.807) is 6.92 Å². The van der Waals surface area contributed by atoms with Gasteiger partial charge in [-0.3, -0.25) is 5.41 Å². The average molecular weight is 116 g/mol. The molecule has 0 heterocycles. The fourth-order valence-corrected chi connectivity index (χ4v) is 0.364. The van der Waals surface area contributed by atoms with Crippen molar-refractivity contribution in [2.75, 3.05) is 0 Å². The third-order valence-electron chi connectivity index (χ3n) is 0.831. The van der Waals surface area contributed by atoms with E-state index in [1.165, 1.54) is 0 Å². The predicted molar refractivity (Wildman–Crippen MR) is 32.8 cm³/mol. The van der Waals surface area contributed by atoms with Crippen molar-refractivity contribution in [2.24, 2.45) is 5.73 Å². The van der Waals surface area contributed by atoms with Gasteiger partial charge in [-0.1, -0.05) is 0 Å². The molecule has 48 valence electrons. The predicted octanol–water partition coefficient (Wildman–Crippen LogP) is 0.0834. The van der Waals surface area contributed by atoms with Crippen LogP contribution in [0.1, 0.15) is 19.8 Å². The molecular weight excluding hydrogens is 104 g/mol. The zero-order chi connectivity index (χ0) is 6.57. The lowest BCUT2D eigenvalue weighted by molar-refractivity contribution is 0.187. The highest BCUT2D eigenvalue weighted by atomic mass is 16.3. The number of aliphatic hydroxyl groups excluding tert-OH is 1. The van der Waals surface area contributed by atoms with Gasteiger partial charge in [0, 0.05) is 6.42 Å². The molecule has 0 fully saturated rings. The monoisotopic (exact) mass is 116 g/mol. The Morgan fingerprint density at radius 2 is 2.38 bits per heavy atom. The number of hydrogen-bond acceptors (Lipinski definition) is 2. The maximum Gasteiger partial charge on any atom is 0.0906 e. The van der Waals surface area contributed by atoms with Crippen LogP contribution in [0.2, 0.25) is 0 Å². The molecule has 8 heavy (non-hydrogen) atoms. The minimum absolute atomic E-state index is 0.144. The summed E-state index contributed by atoms with van der Waals surface area (Å²) in [5, 5.41) is 15.4. The Morgan fingerprint density at radius 1 is 1.88 bits per heavy atom. The van der Waals surface area contributed by atoms with Crippen LogP contribution in [-0.2, 0) is 0 Å². The molecule has 0 aromatic rings. The number of amidine groups is 1. The quantitative estimate of drug-likeness (QED) is 0.361. The van der Waals surface area contributed by atoms with Crippen LogP contribution >= 0.6 is 0 Å². The third kappa shape index (κ3) is 5.43. The van der Waals surface area contributed by atoms with Crippen LogP contribution < -0.4 is 5.73 Å². The van der Waals surface area contributed by atoms with Crippen LogP contribution in [0.3, 0.4) is 0 Å². The lowest BCUT2D eigenvalue weighted by Crippen LogP contribution is -2.12. The van der Waals surface area contributed by atoms with E-state index in [1.807, 2.05) is 0 Å². The highest BCUT2D eigenvalue weighted by molar-refractivity contribution is 5.76. The molecular formula is C5H12N2O. The molecule has 3 heteroatoms. The van der Waals surface area contributed by atoms with Gasteiger partial charge >= 0.3 is 0 Å². The molecule has 0 rings (SSSR count). The summed E-state index contributed by atoms with van der Waals surface area (Å²) in [5.41, 5.74) is 5.01. The van der Waals surface area contributed by atoms with Gasteiger partial charge in [0.15, 0.2) is 0 Å². The zero-order valence-corrected chi connectivity index (χ0v) is 5.02. The molecule has 0 aromatic carbocycles. The molecule has 0 aliphatic carbocycles. The second-order valence-electron chi connectivity index (χ2n) is 1.91. The standard InChI is InChI=1S/C5H12N2O/c1-4(8)2-3-5(6)7/h4,8H,2-3H2,1H3,(H3,6,7). The van der Waals surface area contributed by atoms with Gasteiger partial charge in [0.25, 0.3) is 0 Å². The molecule has 1 atom stereocenters. The van der Waals surface area contributed by atoms with Crippen molar-refractivity contribution in [3.05, 3.63) is 0 Å². The number of nitrogens with one attached hydrogen (secondary N) is 1. The average Bonchev–Trinajstić information content (AvgIpc) is 1.61. The van der Waals surface area contributed by atoms with Gasteiger partial charge in [0.2, 0.25) is 0 Å². The normalized spacial score (nSPS) is 13.2. The highest BCUT2D eigenvalue weighted by Gasteiger charge is 1.94. The van der Waals surface area contributed by atoms with E-state index in [0.29, 0.717) is 12.8 Å². The van der Waals surface area contributed by atoms with Gasteiger partial charge in [-0.15, -0.1) is 0 Å². The molecule has 1 unspecified atom stereocenters. The minimum Gasteiger partial charge on any atom is -0.393 e. The summed E-state index contributed by atoms with van der Waals surface area (Å²) in [6.45, 7) is 1.68. The molecule has 3 nitrogen and oxygen atoms in total. The van der Waals surface area contributed by atoms with E-state index >= 15 is 0 Å². The molecule has 0 amide bonds. The second kappa shape index (κ2) is 3.43. The molecule has 4 N–H and O–H groups in total. The van der Waals surface area contributed by atoms with E-state index < -0.39 is 0 Å². The SMILES string of the molecule is CC(O)CCC(=N)N. The molecule has 0 aliphatic heterocycles. The van der Waals surface area contributed by atoms with Gasteiger partial charge in [0.05, 0.1) is 11.9 Å². The van der Waals surface area contributed by atoms with Crippen molar-refractivity contribution in [2.45, 2.75) is 25.9 Å². The van der Waals surface area contributed by atoms with Crippen molar-refractivity contribution in [1.82, 2.24) is 0 Å². The Labute approximate surface area is 49.0 Å². The molecule has 0 radical (unpaired) electrons. The first-order valence-electron chi connectivity index (χ1n) is 2.64. The lowest BCUT2D eigenvalue weighted by atomic mass is 10.2. The second-order valence-corrected chi connectivity index (χ2v) is 1.91. The summed E-state index contributed by atoms with van der Waals surface area (Å²) >= 11 is 0. The highest BCUT2D eigenvalue weighted by Crippen LogP contribution is 1.92. The van der Waals surface area contributed by atoms with Crippen LogP contribution in [-0.4, -0.2) is 17.0 Å². The zero-order valence-electron chi connectivity index (χ0n) is 5.02. The third-order valence-corrected chi connectivity index (χ3v) is 0.831. The first kappa shape index (κ1) is 7.43. The Kier molecular flexibility index (Phi) is 3.19. The Hall–Kier alpha value is -0.570. The van der Waals surface area contributed by atoms with Crippen molar-refractivity contribution in [3.8, 4) is 0 Å². The van der Waals surface area contributed by atoms with Gasteiger partial charge in [-0.2, -0.15) is 0 Å². The first-order chi connectivity index (χ1) is 3.63. The first-order valence-corrected chi connectivity index (χ1v) is 2.64. The molecule has 0 spiro atoms. The maximum atomic E-state index is 8.65. The van der Waals surface area contributed by atoms with Gasteiger partial charge in [0.1, 0.15) is 0 Å². The number of nitrogens with two attached hydrogens (primary N) is 1.